The summed E-state index contributed by atoms with van der Waals surface area (Å²) in [6.45, 7) is 0.220. The Morgan fingerprint density at radius 2 is 0.761 bits per heavy atom. The van der Waals surface area contributed by atoms with Gasteiger partial charge in [0.15, 0.2) is 93.7 Å². The van der Waals surface area contributed by atoms with Crippen molar-refractivity contribution < 1.29 is 102 Å². The molecule has 25 heteroatoms. The van der Waals surface area contributed by atoms with E-state index in [1.54, 1.807) is 35.3 Å². The Hall–Kier alpha value is -6.82. The van der Waals surface area contributed by atoms with Crippen molar-refractivity contribution in [1.29, 1.82) is 0 Å². The van der Waals surface area contributed by atoms with Crippen LogP contribution < -0.4 is 26.4 Å². The summed E-state index contributed by atoms with van der Waals surface area (Å²) in [5.74, 6) is -71.2. The second-order valence-electron chi connectivity index (χ2n) is 14.5. The lowest BCUT2D eigenvalue weighted by Crippen LogP contribution is -2.81. The Labute approximate surface area is 361 Å². The highest BCUT2D eigenvalue weighted by Crippen LogP contribution is 2.31. The molecule has 4 nitrogen and oxygen atoms in total. The fourth-order valence-electron chi connectivity index (χ4n) is 7.81. The molecule has 352 valence electrons. The number of carbonyl (C=O) groups is 2. The molecule has 1 aromatic heterocycles. The van der Waals surface area contributed by atoms with E-state index in [0.29, 0.717) is 11.3 Å². The maximum absolute atomic E-state index is 15.4. The number of aromatic nitrogens is 2. The predicted molar refractivity (Wildman–Crippen MR) is 191 cm³/mol. The molecule has 0 amide bonds. The van der Waals surface area contributed by atoms with Gasteiger partial charge in [-0.25, -0.2) is 92.8 Å². The van der Waals surface area contributed by atoms with Crippen LogP contribution in [0, 0.1) is 122 Å². The van der Waals surface area contributed by atoms with E-state index in [4.69, 9.17) is 0 Å². The molecule has 1 saturated carbocycles. The van der Waals surface area contributed by atoms with Crippen LogP contribution in [0.2, 0.25) is 0 Å². The molecule has 7 rings (SSSR count). The zero-order valence-electron chi connectivity index (χ0n) is 32.6. The minimum Gasteiger partial charge on any atom is -0.292 e. The number of halogens is 20. The molecule has 0 saturated heterocycles. The summed E-state index contributed by atoms with van der Waals surface area (Å²) >= 11 is 0. The van der Waals surface area contributed by atoms with E-state index in [1.807, 2.05) is 18.2 Å². The van der Waals surface area contributed by atoms with Gasteiger partial charge in [0.05, 0.1) is 6.20 Å². The number of nitrogens with zero attached hydrogens (tertiary/aromatic N) is 2. The maximum atomic E-state index is 15.4. The van der Waals surface area contributed by atoms with Crippen molar-refractivity contribution in [2.75, 3.05) is 0 Å². The van der Waals surface area contributed by atoms with E-state index >= 15 is 35.1 Å². The molecule has 0 bridgehead atoms. The fourth-order valence-corrected chi connectivity index (χ4v) is 7.81. The van der Waals surface area contributed by atoms with Crippen LogP contribution in [0.25, 0.3) is 0 Å². The molecule has 0 radical (unpaired) electrons. The van der Waals surface area contributed by atoms with E-state index in [1.165, 1.54) is 0 Å². The molecule has 1 heterocycles. The average molecular weight is 974 g/mol. The van der Waals surface area contributed by atoms with Crippen LogP contribution in [0.3, 0.4) is 0 Å². The van der Waals surface area contributed by atoms with Gasteiger partial charge in [-0.15, -0.1) is 21.9 Å². The molecule has 67 heavy (non-hydrogen) atoms. The van der Waals surface area contributed by atoms with Gasteiger partial charge in [-0.2, -0.15) is 4.57 Å². The first kappa shape index (κ1) is 49.6. The monoisotopic (exact) mass is 974 g/mol. The number of carbonyl (C=O) groups excluding carboxylic acids is 2. The summed E-state index contributed by atoms with van der Waals surface area (Å²) in [4.78, 5) is 28.8. The highest BCUT2D eigenvalue weighted by molar-refractivity contribution is 7.20. The van der Waals surface area contributed by atoms with Crippen LogP contribution in [-0.2, 0) is 6.54 Å². The Balaban J connectivity index is 0.000000279. The number of hydrogen-bond donors (Lipinski definition) is 0. The van der Waals surface area contributed by atoms with Gasteiger partial charge in [-0.3, -0.25) is 9.59 Å². The standard InChI is InChI=1S/C24BF20.C18H19N2O2/c26-5-1(6(27)14(35)21(42)13(5)34)25(2-7(28)15(36)22(43)16(37)8(2)29,3-9(30)17(38)23(44)18(39)10(3)31)4-11(32)19(40)24(45)20(41)12(4)33;21-17(14-6-2-1-3-7-14)13-20-11-10-19-16(12-20)18(22)15-8-4-5-9-15/h;1-3,6-7,10-12,15H,4-5,8-9,13H2/q-1;+1. The largest absolute Gasteiger partial charge is 0.292 e. The smallest absolute Gasteiger partial charge is 0.227 e. The molecule has 0 spiro atoms. The van der Waals surface area contributed by atoms with E-state index < -0.39 is 144 Å². The molecule has 5 aromatic carbocycles. The molecule has 0 aliphatic heterocycles. The van der Waals surface area contributed by atoms with Gasteiger partial charge < -0.3 is 0 Å². The summed E-state index contributed by atoms with van der Waals surface area (Å²) in [6.07, 6.45) is 1.96. The lowest BCUT2D eigenvalue weighted by Gasteiger charge is -2.44. The lowest BCUT2D eigenvalue weighted by molar-refractivity contribution is -0.683. The van der Waals surface area contributed by atoms with Gasteiger partial charge in [0.1, 0.15) is 52.7 Å². The number of ketones is 2. The quantitative estimate of drug-likeness (QED) is 0.0365. The molecule has 1 aliphatic carbocycles. The summed E-state index contributed by atoms with van der Waals surface area (Å²) in [5.41, 5.74) is -13.2. The van der Waals surface area contributed by atoms with Gasteiger partial charge in [-0.1, -0.05) is 43.2 Å². The van der Waals surface area contributed by atoms with Crippen molar-refractivity contribution in [3.05, 3.63) is 177 Å². The minimum atomic E-state index is -7.22. The number of hydrogen-bond acceptors (Lipinski definition) is 3. The first-order valence-electron chi connectivity index (χ1n) is 18.6. The van der Waals surface area contributed by atoms with Crippen molar-refractivity contribution in [3.8, 4) is 0 Å². The first-order valence-corrected chi connectivity index (χ1v) is 18.6. The molecular formula is C42H19BF20N2O2. The lowest BCUT2D eigenvalue weighted by atomic mass is 9.12. The highest BCUT2D eigenvalue weighted by Gasteiger charge is 2.52. The molecular weight excluding hydrogens is 955 g/mol. The molecule has 1 aliphatic rings. The number of Topliss-reactive ketones (excluding diaryl/α,β-unsaturated/α-hetero) is 2. The third kappa shape index (κ3) is 8.14. The Bertz CT molecular complexity index is 2620. The van der Waals surface area contributed by atoms with Crippen molar-refractivity contribution in [3.63, 3.8) is 0 Å². The third-order valence-electron chi connectivity index (χ3n) is 10.9. The van der Waals surface area contributed by atoms with Gasteiger partial charge in [-0.05, 0) is 12.8 Å². The van der Waals surface area contributed by atoms with Crippen LogP contribution in [0.1, 0.15) is 46.5 Å². The van der Waals surface area contributed by atoms with E-state index in [9.17, 15) is 62.3 Å². The number of rotatable bonds is 9. The van der Waals surface area contributed by atoms with E-state index in [2.05, 4.69) is 4.98 Å². The first-order chi connectivity index (χ1) is 31.4. The maximum Gasteiger partial charge on any atom is 0.227 e. The molecule has 6 aromatic rings. The molecule has 0 atom stereocenters. The molecule has 0 N–H and O–H groups in total. The van der Waals surface area contributed by atoms with Gasteiger partial charge in [0, 0.05) is 11.5 Å². The van der Waals surface area contributed by atoms with Crippen LogP contribution >= 0.6 is 0 Å². The fraction of sp³-hybridized carbons (Fsp3) is 0.143. The Morgan fingerprint density at radius 3 is 1.07 bits per heavy atom. The topological polar surface area (TPSA) is 50.9 Å². The predicted octanol–water partition coefficient (Wildman–Crippen LogP) is 8.47. The Kier molecular flexibility index (Phi) is 13.9. The van der Waals surface area contributed by atoms with Crippen LogP contribution in [0.15, 0.2) is 48.9 Å². The zero-order chi connectivity index (χ0) is 49.7. The molecule has 0 unspecified atom stereocenters. The second-order valence-corrected chi connectivity index (χ2v) is 14.5. The van der Waals surface area contributed by atoms with Crippen LogP contribution in [-0.4, -0.2) is 22.7 Å². The van der Waals surface area contributed by atoms with Crippen molar-refractivity contribution in [1.82, 2.24) is 4.98 Å². The normalized spacial score (nSPS) is 13.0. The van der Waals surface area contributed by atoms with Crippen molar-refractivity contribution in [2.45, 2.75) is 32.2 Å². The van der Waals surface area contributed by atoms with Crippen molar-refractivity contribution >= 4 is 39.6 Å². The van der Waals surface area contributed by atoms with Gasteiger partial charge >= 0.3 is 0 Å². The van der Waals surface area contributed by atoms with E-state index in [-0.39, 0.29) is 24.0 Å². The third-order valence-corrected chi connectivity index (χ3v) is 10.9. The zero-order valence-corrected chi connectivity index (χ0v) is 32.6. The van der Waals surface area contributed by atoms with Crippen molar-refractivity contribution in [2.24, 2.45) is 5.92 Å². The highest BCUT2D eigenvalue weighted by atomic mass is 19.2. The van der Waals surface area contributed by atoms with Gasteiger partial charge in [0.2, 0.25) is 12.3 Å². The summed E-state index contributed by atoms with van der Waals surface area (Å²) in [6, 6.07) is 9.18. The summed E-state index contributed by atoms with van der Waals surface area (Å²) in [5, 5.41) is 0. The van der Waals surface area contributed by atoms with Crippen LogP contribution in [0.5, 0.6) is 0 Å². The number of benzene rings is 5. The SMILES string of the molecule is Fc1c(F)c(F)c([B-](c2c(F)c(F)c(F)c(F)c2F)(c2c(F)c(F)c(F)c(F)c2F)c2c(F)c(F)c(F)c(F)c2F)c(F)c1F.O=C(C[n+]1ccnc(C(=O)C2CCCC2)c1)c1ccccc1. The summed E-state index contributed by atoms with van der Waals surface area (Å²) < 4.78 is 296. The minimum absolute atomic E-state index is 0.0241. The van der Waals surface area contributed by atoms with Gasteiger partial charge in [0.25, 0.3) is 0 Å². The Morgan fingerprint density at radius 1 is 0.463 bits per heavy atom. The average Bonchev–Trinajstić information content (AvgIpc) is 3.87. The van der Waals surface area contributed by atoms with E-state index in [0.717, 1.165) is 25.7 Å². The van der Waals surface area contributed by atoms with Crippen LogP contribution in [0.4, 0.5) is 87.8 Å². The molecule has 1 fully saturated rings. The summed E-state index contributed by atoms with van der Waals surface area (Å²) in [7, 11) is 0. The second kappa shape index (κ2) is 18.8.